The van der Waals surface area contributed by atoms with Crippen LogP contribution in [0, 0.1) is 0 Å². The molecule has 1 aromatic rings. The van der Waals surface area contributed by atoms with Crippen molar-refractivity contribution in [2.75, 3.05) is 27.3 Å². The van der Waals surface area contributed by atoms with Gasteiger partial charge in [0, 0.05) is 12.0 Å². The van der Waals surface area contributed by atoms with Gasteiger partial charge in [0.05, 0.1) is 27.3 Å². The van der Waals surface area contributed by atoms with Crippen LogP contribution in [-0.4, -0.2) is 27.3 Å². The van der Waals surface area contributed by atoms with Crippen LogP contribution in [0.5, 0.6) is 11.5 Å². The van der Waals surface area contributed by atoms with Crippen molar-refractivity contribution in [2.45, 2.75) is 39.2 Å². The molecule has 1 unspecified atom stereocenters. The standard InChI is InChI=1S/C16H25NO2.ClH/c1-4-5-6-8-17-9-7-13-10-15(18-2)16(19-3)11-14(13)12-17;/h10-11H,4-9,12H2,1-3H3;1H. The average Bonchev–Trinajstić information content (AvgIpc) is 2.46. The van der Waals surface area contributed by atoms with Crippen LogP contribution in [0.3, 0.4) is 0 Å². The summed E-state index contributed by atoms with van der Waals surface area (Å²) in [5.41, 5.74) is 2.85. The number of quaternary nitrogens is 1. The molecule has 0 bridgehead atoms. The SMILES string of the molecule is CCCCC[NH+]1CCc2cc(OC)c(OC)cc2C1.[Cl-]. The molecule has 0 spiro atoms. The monoisotopic (exact) mass is 299 g/mol. The molecule has 1 aromatic carbocycles. The van der Waals surface area contributed by atoms with Crippen LogP contribution in [0.1, 0.15) is 37.3 Å². The van der Waals surface area contributed by atoms with Gasteiger partial charge < -0.3 is 26.8 Å². The molecule has 1 aliphatic rings. The van der Waals surface area contributed by atoms with Crippen molar-refractivity contribution in [3.8, 4) is 11.5 Å². The zero-order valence-electron chi connectivity index (χ0n) is 12.8. The Morgan fingerprint density at radius 2 is 1.70 bits per heavy atom. The number of rotatable bonds is 6. The van der Waals surface area contributed by atoms with E-state index in [1.54, 1.807) is 19.1 Å². The third-order valence-corrected chi connectivity index (χ3v) is 4.03. The summed E-state index contributed by atoms with van der Waals surface area (Å²) in [4.78, 5) is 1.70. The molecule has 1 aliphatic heterocycles. The van der Waals surface area contributed by atoms with Crippen molar-refractivity contribution in [1.82, 2.24) is 0 Å². The van der Waals surface area contributed by atoms with Gasteiger partial charge in [-0.3, -0.25) is 0 Å². The highest BCUT2D eigenvalue weighted by Gasteiger charge is 2.21. The first kappa shape index (κ1) is 17.1. The van der Waals surface area contributed by atoms with Crippen molar-refractivity contribution in [3.63, 3.8) is 0 Å². The van der Waals surface area contributed by atoms with E-state index < -0.39 is 0 Å². The van der Waals surface area contributed by atoms with E-state index in [2.05, 4.69) is 19.1 Å². The van der Waals surface area contributed by atoms with Crippen molar-refractivity contribution in [1.29, 1.82) is 0 Å². The molecule has 0 aromatic heterocycles. The number of benzene rings is 1. The summed E-state index contributed by atoms with van der Waals surface area (Å²) in [5, 5.41) is 0. The van der Waals surface area contributed by atoms with Crippen molar-refractivity contribution in [2.24, 2.45) is 0 Å². The van der Waals surface area contributed by atoms with Crippen LogP contribution in [0.2, 0.25) is 0 Å². The fraction of sp³-hybridized carbons (Fsp3) is 0.625. The fourth-order valence-corrected chi connectivity index (χ4v) is 2.87. The van der Waals surface area contributed by atoms with Crippen LogP contribution in [0.25, 0.3) is 0 Å². The van der Waals surface area contributed by atoms with E-state index in [1.807, 2.05) is 0 Å². The second kappa shape index (κ2) is 8.38. The van der Waals surface area contributed by atoms with Crippen LogP contribution in [0.4, 0.5) is 0 Å². The topological polar surface area (TPSA) is 22.9 Å². The lowest BCUT2D eigenvalue weighted by Crippen LogP contribution is -3.11. The molecule has 4 heteroatoms. The van der Waals surface area contributed by atoms with E-state index in [-0.39, 0.29) is 12.4 Å². The minimum absolute atomic E-state index is 0. The molecule has 3 nitrogen and oxygen atoms in total. The smallest absolute Gasteiger partial charge is 0.161 e. The Balaban J connectivity index is 0.00000200. The highest BCUT2D eigenvalue weighted by atomic mass is 35.5. The maximum absolute atomic E-state index is 5.40. The summed E-state index contributed by atoms with van der Waals surface area (Å²) < 4.78 is 10.8. The summed E-state index contributed by atoms with van der Waals surface area (Å²) in [6.07, 6.45) is 5.14. The number of halogens is 1. The van der Waals surface area contributed by atoms with Gasteiger partial charge in [-0.1, -0.05) is 13.3 Å². The van der Waals surface area contributed by atoms with Crippen molar-refractivity contribution < 1.29 is 26.8 Å². The number of fused-ring (bicyclic) bond motifs is 1. The number of hydrogen-bond acceptors (Lipinski definition) is 2. The summed E-state index contributed by atoms with van der Waals surface area (Å²) >= 11 is 0. The molecule has 0 aliphatic carbocycles. The molecular weight excluding hydrogens is 274 g/mol. The van der Waals surface area contributed by atoms with E-state index >= 15 is 0 Å². The summed E-state index contributed by atoms with van der Waals surface area (Å²) in [6, 6.07) is 4.31. The summed E-state index contributed by atoms with van der Waals surface area (Å²) in [7, 11) is 3.41. The first-order chi connectivity index (χ1) is 9.28. The zero-order valence-corrected chi connectivity index (χ0v) is 13.6. The maximum atomic E-state index is 5.40. The molecular formula is C16H26ClNO2. The molecule has 0 saturated heterocycles. The van der Waals surface area contributed by atoms with Crippen molar-refractivity contribution >= 4 is 0 Å². The molecule has 0 saturated carbocycles. The van der Waals surface area contributed by atoms with Gasteiger partial charge in [0.25, 0.3) is 0 Å². The molecule has 0 radical (unpaired) electrons. The quantitative estimate of drug-likeness (QED) is 0.670. The molecule has 2 rings (SSSR count). The van der Waals surface area contributed by atoms with Gasteiger partial charge in [-0.05, 0) is 30.5 Å². The number of methoxy groups -OCH3 is 2. The largest absolute Gasteiger partial charge is 1.00 e. The molecule has 1 atom stereocenters. The molecule has 114 valence electrons. The fourth-order valence-electron chi connectivity index (χ4n) is 2.87. The second-order valence-electron chi connectivity index (χ2n) is 5.36. The molecule has 0 amide bonds. The van der Waals surface area contributed by atoms with E-state index in [4.69, 9.17) is 9.47 Å². The van der Waals surface area contributed by atoms with Crippen LogP contribution in [-0.2, 0) is 13.0 Å². The van der Waals surface area contributed by atoms with E-state index in [1.165, 1.54) is 43.5 Å². The van der Waals surface area contributed by atoms with Crippen molar-refractivity contribution in [3.05, 3.63) is 23.3 Å². The summed E-state index contributed by atoms with van der Waals surface area (Å²) in [5.74, 6) is 1.71. The summed E-state index contributed by atoms with van der Waals surface area (Å²) in [6.45, 7) is 5.92. The first-order valence-electron chi connectivity index (χ1n) is 7.35. The van der Waals surface area contributed by atoms with Crippen LogP contribution in [0.15, 0.2) is 12.1 Å². The van der Waals surface area contributed by atoms with E-state index in [0.29, 0.717) is 0 Å². The highest BCUT2D eigenvalue weighted by Crippen LogP contribution is 2.31. The molecule has 20 heavy (non-hydrogen) atoms. The highest BCUT2D eigenvalue weighted by molar-refractivity contribution is 5.47. The Labute approximate surface area is 128 Å². The lowest BCUT2D eigenvalue weighted by atomic mass is 9.98. The van der Waals surface area contributed by atoms with Gasteiger partial charge in [-0.2, -0.15) is 0 Å². The predicted octanol–water partition coefficient (Wildman–Crippen LogP) is -1.16. The van der Waals surface area contributed by atoms with Gasteiger partial charge in [0.1, 0.15) is 6.54 Å². The third kappa shape index (κ3) is 4.03. The minimum atomic E-state index is 0. The average molecular weight is 300 g/mol. The number of hydrogen-bond donors (Lipinski definition) is 1. The van der Waals surface area contributed by atoms with Crippen LogP contribution >= 0.6 is 0 Å². The number of nitrogens with one attached hydrogen (secondary N) is 1. The Morgan fingerprint density at radius 3 is 2.30 bits per heavy atom. The Morgan fingerprint density at radius 1 is 1.05 bits per heavy atom. The maximum Gasteiger partial charge on any atom is 0.161 e. The predicted molar refractivity (Wildman–Crippen MR) is 77.2 cm³/mol. The molecule has 1 heterocycles. The number of ether oxygens (including phenoxy) is 2. The Kier molecular flexibility index (Phi) is 7.17. The number of unbranched alkanes of at least 4 members (excludes halogenated alkanes) is 2. The Bertz CT molecular complexity index is 423. The van der Waals surface area contributed by atoms with Gasteiger partial charge in [-0.25, -0.2) is 0 Å². The lowest BCUT2D eigenvalue weighted by Gasteiger charge is -2.26. The second-order valence-corrected chi connectivity index (χ2v) is 5.36. The third-order valence-electron chi connectivity index (χ3n) is 4.03. The van der Waals surface area contributed by atoms with Gasteiger partial charge in [-0.15, -0.1) is 0 Å². The normalized spacial score (nSPS) is 17.1. The lowest BCUT2D eigenvalue weighted by molar-refractivity contribution is -0.916. The molecule has 0 fully saturated rings. The van der Waals surface area contributed by atoms with Gasteiger partial charge >= 0.3 is 0 Å². The molecule has 1 N–H and O–H groups in total. The van der Waals surface area contributed by atoms with Gasteiger partial charge in [0.2, 0.25) is 0 Å². The van der Waals surface area contributed by atoms with E-state index in [9.17, 15) is 0 Å². The van der Waals surface area contributed by atoms with Gasteiger partial charge in [0.15, 0.2) is 11.5 Å². The Hall–Kier alpha value is -0.930. The van der Waals surface area contributed by atoms with E-state index in [0.717, 1.165) is 24.5 Å². The minimum Gasteiger partial charge on any atom is -1.00 e. The van der Waals surface area contributed by atoms with Crippen LogP contribution < -0.4 is 26.8 Å². The first-order valence-corrected chi connectivity index (χ1v) is 7.35. The zero-order chi connectivity index (χ0) is 13.7.